The van der Waals surface area contributed by atoms with Crippen LogP contribution in [0.2, 0.25) is 0 Å². The highest BCUT2D eigenvalue weighted by Crippen LogP contribution is 2.13. The van der Waals surface area contributed by atoms with E-state index >= 15 is 0 Å². The third kappa shape index (κ3) is 6.33. The molecule has 1 N–H and O–H groups in total. The molecule has 0 aliphatic carbocycles. The van der Waals surface area contributed by atoms with Gasteiger partial charge >= 0.3 is 0 Å². The van der Waals surface area contributed by atoms with E-state index in [1.54, 1.807) is 43.4 Å². The monoisotopic (exact) mass is 370 g/mol. The number of rotatable bonds is 9. The number of carbonyl (C=O) groups is 2. The molecule has 6 heteroatoms. The number of nitrogens with one attached hydrogen (secondary N) is 1. The molecule has 0 heterocycles. The van der Waals surface area contributed by atoms with Crippen molar-refractivity contribution in [3.63, 3.8) is 0 Å². The Balaban J connectivity index is 1.82. The van der Waals surface area contributed by atoms with E-state index < -0.39 is 0 Å². The number of hydrogen-bond donors (Lipinski definition) is 1. The van der Waals surface area contributed by atoms with Crippen molar-refractivity contribution in [3.8, 4) is 11.5 Å². The molecule has 0 aliphatic heterocycles. The zero-order valence-electron chi connectivity index (χ0n) is 16.0. The van der Waals surface area contributed by atoms with Gasteiger partial charge in [0, 0.05) is 32.1 Å². The molecule has 2 amide bonds. The molecule has 0 fully saturated rings. The van der Waals surface area contributed by atoms with Crippen LogP contribution in [0, 0.1) is 0 Å². The lowest BCUT2D eigenvalue weighted by Gasteiger charge is -2.21. The van der Waals surface area contributed by atoms with Crippen LogP contribution < -0.4 is 14.8 Å². The van der Waals surface area contributed by atoms with Crippen LogP contribution in [0.1, 0.15) is 22.8 Å². The molecule has 2 aromatic carbocycles. The van der Waals surface area contributed by atoms with Crippen LogP contribution in [-0.2, 0) is 11.2 Å². The summed E-state index contributed by atoms with van der Waals surface area (Å²) in [6, 6.07) is 14.7. The van der Waals surface area contributed by atoms with Crippen molar-refractivity contribution >= 4 is 11.8 Å². The van der Waals surface area contributed by atoms with Crippen molar-refractivity contribution in [1.29, 1.82) is 0 Å². The summed E-state index contributed by atoms with van der Waals surface area (Å²) in [5.41, 5.74) is 1.66. The van der Waals surface area contributed by atoms with Crippen molar-refractivity contribution in [1.82, 2.24) is 10.2 Å². The van der Waals surface area contributed by atoms with Crippen LogP contribution in [0.5, 0.6) is 11.5 Å². The normalized spacial score (nSPS) is 10.2. The lowest BCUT2D eigenvalue weighted by molar-refractivity contribution is -0.128. The van der Waals surface area contributed by atoms with Crippen LogP contribution in [0.25, 0.3) is 0 Å². The molecule has 2 rings (SSSR count). The first-order chi connectivity index (χ1) is 13.0. The molecular weight excluding hydrogens is 344 g/mol. The van der Waals surface area contributed by atoms with Crippen molar-refractivity contribution < 1.29 is 19.1 Å². The van der Waals surface area contributed by atoms with E-state index in [2.05, 4.69) is 5.32 Å². The maximum Gasteiger partial charge on any atom is 0.251 e. The fraction of sp³-hybridized carbons (Fsp3) is 0.333. The summed E-state index contributed by atoms with van der Waals surface area (Å²) in [4.78, 5) is 25.8. The van der Waals surface area contributed by atoms with E-state index in [-0.39, 0.29) is 11.8 Å². The highest BCUT2D eigenvalue weighted by molar-refractivity contribution is 5.94. The van der Waals surface area contributed by atoms with Crippen LogP contribution in [-0.4, -0.2) is 50.6 Å². The summed E-state index contributed by atoms with van der Waals surface area (Å²) in [7, 11) is 3.21. The lowest BCUT2D eigenvalue weighted by atomic mass is 10.1. The first-order valence-corrected chi connectivity index (χ1v) is 8.84. The zero-order valence-corrected chi connectivity index (χ0v) is 16.0. The minimum Gasteiger partial charge on any atom is -0.497 e. The Labute approximate surface area is 160 Å². The lowest BCUT2D eigenvalue weighted by Crippen LogP contribution is -2.38. The first kappa shape index (κ1) is 20.3. The van der Waals surface area contributed by atoms with E-state index in [0.29, 0.717) is 30.9 Å². The Hall–Kier alpha value is -3.02. The van der Waals surface area contributed by atoms with Gasteiger partial charge in [-0.15, -0.1) is 0 Å². The molecule has 27 heavy (non-hydrogen) atoms. The first-order valence-electron chi connectivity index (χ1n) is 8.84. The van der Waals surface area contributed by atoms with Crippen LogP contribution in [0.3, 0.4) is 0 Å². The van der Waals surface area contributed by atoms with Crippen molar-refractivity contribution in [3.05, 3.63) is 59.7 Å². The van der Waals surface area contributed by atoms with Gasteiger partial charge in [0.1, 0.15) is 11.5 Å². The summed E-state index contributed by atoms with van der Waals surface area (Å²) in [6.45, 7) is 2.97. The number of carbonyl (C=O) groups excluding carboxylic acids is 2. The van der Waals surface area contributed by atoms with E-state index in [0.717, 1.165) is 17.7 Å². The minimum absolute atomic E-state index is 0.0170. The quantitative estimate of drug-likeness (QED) is 0.737. The summed E-state index contributed by atoms with van der Waals surface area (Å²) in [5, 5.41) is 2.84. The number of ether oxygens (including phenoxy) is 2. The molecule has 0 spiro atoms. The van der Waals surface area contributed by atoms with Gasteiger partial charge in [0.15, 0.2) is 0 Å². The molecule has 0 saturated heterocycles. The van der Waals surface area contributed by atoms with Crippen LogP contribution in [0.15, 0.2) is 48.5 Å². The van der Waals surface area contributed by atoms with E-state index in [9.17, 15) is 9.59 Å². The number of amides is 2. The highest BCUT2D eigenvalue weighted by atomic mass is 16.5. The molecule has 0 aromatic heterocycles. The SMILES string of the molecule is COc1ccc(C(=O)NCCN(CCc2cccc(OC)c2)C(C)=O)cc1. The molecule has 0 atom stereocenters. The summed E-state index contributed by atoms with van der Waals surface area (Å²) in [6.07, 6.45) is 0.725. The Bertz CT molecular complexity index is 759. The Morgan fingerprint density at radius 3 is 2.30 bits per heavy atom. The van der Waals surface area contributed by atoms with Gasteiger partial charge in [0.2, 0.25) is 5.91 Å². The fourth-order valence-corrected chi connectivity index (χ4v) is 2.67. The highest BCUT2D eigenvalue weighted by Gasteiger charge is 2.11. The van der Waals surface area contributed by atoms with Gasteiger partial charge in [-0.25, -0.2) is 0 Å². The maximum absolute atomic E-state index is 12.2. The second kappa shape index (κ2) is 10.2. The molecule has 0 saturated carbocycles. The Morgan fingerprint density at radius 2 is 1.67 bits per heavy atom. The molecule has 0 unspecified atom stereocenters. The second-order valence-electron chi connectivity index (χ2n) is 6.09. The number of nitrogens with zero attached hydrogens (tertiary/aromatic N) is 1. The average Bonchev–Trinajstić information content (AvgIpc) is 2.70. The number of methoxy groups -OCH3 is 2. The van der Waals surface area contributed by atoms with Gasteiger partial charge in [0.25, 0.3) is 5.91 Å². The smallest absolute Gasteiger partial charge is 0.251 e. The minimum atomic E-state index is -0.172. The van der Waals surface area contributed by atoms with Crippen LogP contribution in [0.4, 0.5) is 0 Å². The average molecular weight is 370 g/mol. The van der Waals surface area contributed by atoms with Crippen LogP contribution >= 0.6 is 0 Å². The fourth-order valence-electron chi connectivity index (χ4n) is 2.67. The second-order valence-corrected chi connectivity index (χ2v) is 6.09. The predicted octanol–water partition coefficient (Wildman–Crippen LogP) is 2.52. The van der Waals surface area contributed by atoms with E-state index in [4.69, 9.17) is 9.47 Å². The Morgan fingerprint density at radius 1 is 0.963 bits per heavy atom. The number of benzene rings is 2. The van der Waals surface area contributed by atoms with Gasteiger partial charge in [-0.1, -0.05) is 12.1 Å². The topological polar surface area (TPSA) is 67.9 Å². The predicted molar refractivity (Wildman–Crippen MR) is 104 cm³/mol. The third-order valence-corrected chi connectivity index (χ3v) is 4.27. The molecule has 0 bridgehead atoms. The maximum atomic E-state index is 12.2. The standard InChI is InChI=1S/C21H26N2O4/c1-16(24)23(13-11-17-5-4-6-20(15-17)27-3)14-12-22-21(25)18-7-9-19(26-2)10-8-18/h4-10,15H,11-14H2,1-3H3,(H,22,25). The molecular formula is C21H26N2O4. The van der Waals surface area contributed by atoms with Crippen molar-refractivity contribution in [2.75, 3.05) is 33.9 Å². The van der Waals surface area contributed by atoms with Crippen molar-refractivity contribution in [2.45, 2.75) is 13.3 Å². The summed E-state index contributed by atoms with van der Waals surface area (Å²) in [5.74, 6) is 1.31. The molecule has 0 aliphatic rings. The van der Waals surface area contributed by atoms with E-state index in [1.807, 2.05) is 24.3 Å². The van der Waals surface area contributed by atoms with Gasteiger partial charge in [-0.3, -0.25) is 9.59 Å². The molecule has 2 aromatic rings. The van der Waals surface area contributed by atoms with Gasteiger partial charge in [-0.2, -0.15) is 0 Å². The van der Waals surface area contributed by atoms with Gasteiger partial charge < -0.3 is 19.7 Å². The van der Waals surface area contributed by atoms with Crippen molar-refractivity contribution in [2.24, 2.45) is 0 Å². The van der Waals surface area contributed by atoms with Gasteiger partial charge in [-0.05, 0) is 48.4 Å². The van der Waals surface area contributed by atoms with Gasteiger partial charge in [0.05, 0.1) is 14.2 Å². The largest absolute Gasteiger partial charge is 0.497 e. The molecule has 6 nitrogen and oxygen atoms in total. The Kier molecular flexibility index (Phi) is 7.67. The molecule has 144 valence electrons. The zero-order chi connectivity index (χ0) is 19.6. The molecule has 0 radical (unpaired) electrons. The third-order valence-electron chi connectivity index (χ3n) is 4.27. The van der Waals surface area contributed by atoms with E-state index in [1.165, 1.54) is 6.92 Å². The number of hydrogen-bond acceptors (Lipinski definition) is 4. The summed E-state index contributed by atoms with van der Waals surface area (Å²) < 4.78 is 10.3. The summed E-state index contributed by atoms with van der Waals surface area (Å²) >= 11 is 0.